The number of rotatable bonds is 6. The molecule has 6 heteroatoms. The number of hydrogen-bond acceptors (Lipinski definition) is 2. The van der Waals surface area contributed by atoms with E-state index in [0.717, 1.165) is 38.5 Å². The molecule has 3 N–H and O–H groups in total. The predicted molar refractivity (Wildman–Crippen MR) is 124 cm³/mol. The maximum Gasteiger partial charge on any atom is 0.319 e. The fourth-order valence-corrected chi connectivity index (χ4v) is 5.26. The Balaban J connectivity index is 1.29. The zero-order valence-electron chi connectivity index (χ0n) is 18.5. The highest BCUT2D eigenvalue weighted by molar-refractivity contribution is 5.89. The summed E-state index contributed by atoms with van der Waals surface area (Å²) >= 11 is 0. The predicted octanol–water partition coefficient (Wildman–Crippen LogP) is 5.79. The van der Waals surface area contributed by atoms with Crippen LogP contribution in [0.1, 0.15) is 56.9 Å². The SMILES string of the molecule is O=C(Nc1ccc(F)cc1)N[C@@H]1CCCC[C@H]1N[C@H]1CCC[C@H](Cc2ccc(F)cc2)C1. The van der Waals surface area contributed by atoms with E-state index in [4.69, 9.17) is 0 Å². The van der Waals surface area contributed by atoms with Gasteiger partial charge in [-0.3, -0.25) is 0 Å². The lowest BCUT2D eigenvalue weighted by Crippen LogP contribution is -2.55. The third-order valence-corrected chi connectivity index (χ3v) is 6.85. The van der Waals surface area contributed by atoms with E-state index in [1.807, 2.05) is 12.1 Å². The van der Waals surface area contributed by atoms with Crippen LogP contribution in [-0.4, -0.2) is 24.2 Å². The number of carbonyl (C=O) groups excluding carboxylic acids is 1. The van der Waals surface area contributed by atoms with Crippen molar-refractivity contribution in [3.63, 3.8) is 0 Å². The maximum absolute atomic E-state index is 13.2. The van der Waals surface area contributed by atoms with E-state index in [1.165, 1.54) is 37.0 Å². The summed E-state index contributed by atoms with van der Waals surface area (Å²) in [7, 11) is 0. The molecule has 0 saturated heterocycles. The molecule has 0 unspecified atom stereocenters. The maximum atomic E-state index is 13.2. The van der Waals surface area contributed by atoms with Gasteiger partial charge in [-0.25, -0.2) is 13.6 Å². The third-order valence-electron chi connectivity index (χ3n) is 6.85. The highest BCUT2D eigenvalue weighted by Gasteiger charge is 2.30. The average Bonchev–Trinajstić information content (AvgIpc) is 2.79. The van der Waals surface area contributed by atoms with Crippen molar-refractivity contribution in [2.75, 3.05) is 5.32 Å². The summed E-state index contributed by atoms with van der Waals surface area (Å²) in [5.74, 6) is 0.0949. The molecule has 2 amide bonds. The molecule has 172 valence electrons. The Bertz CT molecular complexity index is 872. The zero-order chi connectivity index (χ0) is 22.3. The summed E-state index contributed by atoms with van der Waals surface area (Å²) in [4.78, 5) is 12.5. The quantitative estimate of drug-likeness (QED) is 0.532. The van der Waals surface area contributed by atoms with Gasteiger partial charge < -0.3 is 16.0 Å². The number of hydrogen-bond donors (Lipinski definition) is 3. The van der Waals surface area contributed by atoms with E-state index in [-0.39, 0.29) is 29.7 Å². The van der Waals surface area contributed by atoms with E-state index in [1.54, 1.807) is 24.3 Å². The van der Waals surface area contributed by atoms with Crippen molar-refractivity contribution >= 4 is 11.7 Å². The van der Waals surface area contributed by atoms with E-state index < -0.39 is 0 Å². The molecule has 4 nitrogen and oxygen atoms in total. The Kier molecular flexibility index (Phi) is 7.74. The number of halogens is 2. The highest BCUT2D eigenvalue weighted by Crippen LogP contribution is 2.29. The number of benzene rings is 2. The van der Waals surface area contributed by atoms with Crippen molar-refractivity contribution in [3.05, 3.63) is 65.7 Å². The van der Waals surface area contributed by atoms with Gasteiger partial charge in [0.1, 0.15) is 11.6 Å². The van der Waals surface area contributed by atoms with Crippen LogP contribution in [0.4, 0.5) is 19.3 Å². The van der Waals surface area contributed by atoms with Gasteiger partial charge >= 0.3 is 6.03 Å². The van der Waals surface area contributed by atoms with Crippen LogP contribution in [0.25, 0.3) is 0 Å². The number of amides is 2. The molecule has 0 aromatic heterocycles. The molecular weight excluding hydrogens is 408 g/mol. The minimum atomic E-state index is -0.322. The van der Waals surface area contributed by atoms with Gasteiger partial charge in [-0.1, -0.05) is 37.8 Å². The zero-order valence-corrected chi connectivity index (χ0v) is 18.5. The summed E-state index contributed by atoms with van der Waals surface area (Å²) < 4.78 is 26.3. The van der Waals surface area contributed by atoms with E-state index in [2.05, 4.69) is 16.0 Å². The second-order valence-electron chi connectivity index (χ2n) is 9.33. The van der Waals surface area contributed by atoms with E-state index >= 15 is 0 Å². The smallest absolute Gasteiger partial charge is 0.319 e. The summed E-state index contributed by atoms with van der Waals surface area (Å²) in [6, 6.07) is 13.2. The largest absolute Gasteiger partial charge is 0.334 e. The van der Waals surface area contributed by atoms with Gasteiger partial charge in [0, 0.05) is 23.8 Å². The van der Waals surface area contributed by atoms with Gasteiger partial charge in [-0.05, 0) is 80.0 Å². The lowest BCUT2D eigenvalue weighted by molar-refractivity contribution is 0.209. The molecule has 0 bridgehead atoms. The molecule has 2 fully saturated rings. The molecule has 0 spiro atoms. The summed E-state index contributed by atoms with van der Waals surface area (Å²) in [5, 5.41) is 9.80. The Labute approximate surface area is 189 Å². The number of anilines is 1. The normalized spacial score (nSPS) is 25.8. The summed E-state index contributed by atoms with van der Waals surface area (Å²) in [6.07, 6.45) is 9.96. The van der Waals surface area contributed by atoms with Crippen molar-refractivity contribution in [1.82, 2.24) is 10.6 Å². The number of nitrogens with one attached hydrogen (secondary N) is 3. The van der Waals surface area contributed by atoms with Crippen LogP contribution < -0.4 is 16.0 Å². The molecule has 2 aliphatic rings. The number of carbonyl (C=O) groups is 1. The first-order valence-electron chi connectivity index (χ1n) is 11.9. The van der Waals surface area contributed by atoms with Gasteiger partial charge in [0.15, 0.2) is 0 Å². The Morgan fingerprint density at radius 2 is 1.47 bits per heavy atom. The van der Waals surface area contributed by atoms with Crippen LogP contribution in [0.15, 0.2) is 48.5 Å². The Morgan fingerprint density at radius 1 is 0.812 bits per heavy atom. The topological polar surface area (TPSA) is 53.2 Å². The summed E-state index contributed by atoms with van der Waals surface area (Å²) in [6.45, 7) is 0. The molecule has 32 heavy (non-hydrogen) atoms. The Hall–Kier alpha value is -2.47. The molecular formula is C26H33F2N3O. The lowest BCUT2D eigenvalue weighted by Gasteiger charge is -2.38. The molecule has 0 heterocycles. The van der Waals surface area contributed by atoms with Crippen LogP contribution in [0, 0.1) is 17.6 Å². The fourth-order valence-electron chi connectivity index (χ4n) is 5.26. The Morgan fingerprint density at radius 3 is 2.19 bits per heavy atom. The van der Waals surface area contributed by atoms with E-state index in [9.17, 15) is 13.6 Å². The van der Waals surface area contributed by atoms with Crippen molar-refractivity contribution in [3.8, 4) is 0 Å². The van der Waals surface area contributed by atoms with Gasteiger partial charge in [0.05, 0.1) is 0 Å². The molecule has 0 radical (unpaired) electrons. The molecule has 4 rings (SSSR count). The fraction of sp³-hybridized carbons (Fsp3) is 0.500. The summed E-state index contributed by atoms with van der Waals surface area (Å²) in [5.41, 5.74) is 1.78. The molecule has 4 atom stereocenters. The van der Waals surface area contributed by atoms with Crippen molar-refractivity contribution in [1.29, 1.82) is 0 Å². The van der Waals surface area contributed by atoms with Crippen molar-refractivity contribution in [2.24, 2.45) is 5.92 Å². The van der Waals surface area contributed by atoms with Gasteiger partial charge in [0.2, 0.25) is 0 Å². The first-order valence-corrected chi connectivity index (χ1v) is 11.9. The second-order valence-corrected chi connectivity index (χ2v) is 9.33. The van der Waals surface area contributed by atoms with Crippen LogP contribution in [0.3, 0.4) is 0 Å². The molecule has 2 saturated carbocycles. The van der Waals surface area contributed by atoms with Crippen LogP contribution in [0.5, 0.6) is 0 Å². The molecule has 2 aromatic carbocycles. The van der Waals surface area contributed by atoms with Crippen molar-refractivity contribution in [2.45, 2.75) is 75.9 Å². The minimum absolute atomic E-state index is 0.0849. The van der Waals surface area contributed by atoms with Gasteiger partial charge in [-0.15, -0.1) is 0 Å². The average molecular weight is 442 g/mol. The standard InChI is InChI=1S/C26H33F2N3O/c27-20-10-8-18(9-11-20)16-19-4-3-5-23(17-19)29-24-6-1-2-7-25(24)31-26(32)30-22-14-12-21(28)13-15-22/h8-15,19,23-25,29H,1-7,16-17H2,(H2,30,31,32)/t19-,23+,24-,25-/m1/s1. The molecule has 2 aromatic rings. The first kappa shape index (κ1) is 22.7. The number of urea groups is 1. The highest BCUT2D eigenvalue weighted by atomic mass is 19.1. The third kappa shape index (κ3) is 6.52. The van der Waals surface area contributed by atoms with Crippen LogP contribution in [-0.2, 0) is 6.42 Å². The van der Waals surface area contributed by atoms with Gasteiger partial charge in [-0.2, -0.15) is 0 Å². The van der Waals surface area contributed by atoms with Crippen molar-refractivity contribution < 1.29 is 13.6 Å². The lowest BCUT2D eigenvalue weighted by atomic mass is 9.81. The van der Waals surface area contributed by atoms with E-state index in [0.29, 0.717) is 17.6 Å². The molecule has 0 aliphatic heterocycles. The monoisotopic (exact) mass is 441 g/mol. The first-order chi connectivity index (χ1) is 15.5. The second kappa shape index (κ2) is 10.9. The molecule has 2 aliphatic carbocycles. The van der Waals surface area contributed by atoms with Crippen LogP contribution >= 0.6 is 0 Å². The van der Waals surface area contributed by atoms with Crippen LogP contribution in [0.2, 0.25) is 0 Å². The van der Waals surface area contributed by atoms with Gasteiger partial charge in [0.25, 0.3) is 0 Å². The minimum Gasteiger partial charge on any atom is -0.334 e.